The minimum atomic E-state index is -0.805. The van der Waals surface area contributed by atoms with Gasteiger partial charge in [0.25, 0.3) is 5.91 Å². The third-order valence-corrected chi connectivity index (χ3v) is 4.73. The second-order valence-corrected chi connectivity index (χ2v) is 7.04. The molecule has 7 heteroatoms. The number of halogens is 2. The highest BCUT2D eigenvalue weighted by Gasteiger charge is 2.21. The predicted octanol–water partition coefficient (Wildman–Crippen LogP) is 5.35. The third kappa shape index (κ3) is 6.06. The van der Waals surface area contributed by atoms with Crippen LogP contribution < -0.4 is 14.8 Å². The van der Waals surface area contributed by atoms with Crippen LogP contribution in [0.25, 0.3) is 0 Å². The minimum Gasteiger partial charge on any atom is -0.497 e. The number of ether oxygens (including phenoxy) is 2. The molecule has 3 rings (SSSR count). The number of carbonyl (C=O) groups excluding carboxylic acids is 2. The highest BCUT2D eigenvalue weighted by Crippen LogP contribution is 2.21. The maximum atomic E-state index is 13.1. The van der Waals surface area contributed by atoms with Crippen LogP contribution in [0.2, 0.25) is 0 Å². The fourth-order valence-electron chi connectivity index (χ4n) is 2.89. The van der Waals surface area contributed by atoms with E-state index in [1.54, 1.807) is 48.5 Å². The number of amides is 1. The molecule has 1 amide bonds. The molecule has 0 spiro atoms. The lowest BCUT2D eigenvalue weighted by Gasteiger charge is -2.17. The number of anilines is 1. The van der Waals surface area contributed by atoms with Gasteiger partial charge in [-0.3, -0.25) is 9.59 Å². The first-order valence-electron chi connectivity index (χ1n) is 9.58. The molecule has 0 saturated heterocycles. The highest BCUT2D eigenvalue weighted by molar-refractivity contribution is 6.18. The van der Waals surface area contributed by atoms with E-state index in [4.69, 9.17) is 21.1 Å². The van der Waals surface area contributed by atoms with Crippen molar-refractivity contribution in [3.8, 4) is 11.5 Å². The van der Waals surface area contributed by atoms with Crippen LogP contribution in [0, 0.1) is 5.82 Å². The summed E-state index contributed by atoms with van der Waals surface area (Å²) in [5.41, 5.74) is 1.38. The van der Waals surface area contributed by atoms with Crippen LogP contribution in [0.4, 0.5) is 10.1 Å². The van der Waals surface area contributed by atoms with Gasteiger partial charge in [-0.05, 0) is 66.7 Å². The Hall–Kier alpha value is -3.38. The van der Waals surface area contributed by atoms with Gasteiger partial charge >= 0.3 is 0 Å². The zero-order valence-corrected chi connectivity index (χ0v) is 17.6. The van der Waals surface area contributed by atoms with E-state index in [-0.39, 0.29) is 17.6 Å². The van der Waals surface area contributed by atoms with E-state index in [0.717, 1.165) is 0 Å². The van der Waals surface area contributed by atoms with E-state index in [2.05, 4.69) is 5.32 Å². The number of ketones is 1. The molecule has 0 aliphatic carbocycles. The number of alkyl halides is 1. The zero-order valence-electron chi connectivity index (χ0n) is 16.8. The first-order valence-corrected chi connectivity index (χ1v) is 10.1. The molecule has 0 aromatic heterocycles. The van der Waals surface area contributed by atoms with Gasteiger partial charge in [-0.2, -0.15) is 0 Å². The average Bonchev–Trinajstić information content (AvgIpc) is 2.80. The maximum absolute atomic E-state index is 13.1. The van der Waals surface area contributed by atoms with E-state index in [1.807, 2.05) is 0 Å². The fourth-order valence-corrected chi connectivity index (χ4v) is 3.09. The van der Waals surface area contributed by atoms with E-state index < -0.39 is 11.9 Å². The molecule has 0 saturated carbocycles. The standard InChI is InChI=1S/C24H21ClFNO4/c1-30-21-4-2-3-17(15-21)24(29)27-19-9-11-20(12-10-19)31-22(13-14-25)23(28)16-5-7-18(26)8-6-16/h2-12,15,22H,13-14H2,1H3,(H,27,29). The van der Waals surface area contributed by atoms with Crippen molar-refractivity contribution in [2.24, 2.45) is 0 Å². The second kappa shape index (κ2) is 10.6. The third-order valence-electron chi connectivity index (χ3n) is 4.51. The number of methoxy groups -OCH3 is 1. The Morgan fingerprint density at radius 3 is 2.32 bits per heavy atom. The van der Waals surface area contributed by atoms with Crippen LogP contribution in [0.15, 0.2) is 72.8 Å². The summed E-state index contributed by atoms with van der Waals surface area (Å²) in [6, 6.07) is 18.8. The molecule has 0 aliphatic heterocycles. The van der Waals surface area contributed by atoms with Crippen molar-refractivity contribution in [2.75, 3.05) is 18.3 Å². The quantitative estimate of drug-likeness (QED) is 0.359. The van der Waals surface area contributed by atoms with Crippen molar-refractivity contribution >= 4 is 29.0 Å². The van der Waals surface area contributed by atoms with E-state index in [0.29, 0.717) is 34.7 Å². The van der Waals surface area contributed by atoms with Crippen molar-refractivity contribution < 1.29 is 23.5 Å². The number of nitrogens with one attached hydrogen (secondary N) is 1. The number of hydrogen-bond donors (Lipinski definition) is 1. The van der Waals surface area contributed by atoms with Crippen LogP contribution in [0.1, 0.15) is 27.1 Å². The molecule has 0 bridgehead atoms. The summed E-state index contributed by atoms with van der Waals surface area (Å²) >= 11 is 5.83. The van der Waals surface area contributed by atoms with Crippen molar-refractivity contribution in [1.82, 2.24) is 0 Å². The van der Waals surface area contributed by atoms with Crippen molar-refractivity contribution in [1.29, 1.82) is 0 Å². The number of rotatable bonds is 9. The summed E-state index contributed by atoms with van der Waals surface area (Å²) in [5.74, 6) is 0.289. The van der Waals surface area contributed by atoms with Gasteiger partial charge in [0.2, 0.25) is 5.78 Å². The first kappa shape index (κ1) is 22.3. The number of Topliss-reactive ketones (excluding diaryl/α,β-unsaturated/α-hetero) is 1. The molecule has 0 radical (unpaired) electrons. The van der Waals surface area contributed by atoms with Gasteiger partial charge in [-0.25, -0.2) is 4.39 Å². The molecule has 3 aromatic carbocycles. The van der Waals surface area contributed by atoms with Gasteiger partial charge < -0.3 is 14.8 Å². The van der Waals surface area contributed by atoms with E-state index in [1.165, 1.54) is 31.4 Å². The molecule has 0 heterocycles. The van der Waals surface area contributed by atoms with Crippen molar-refractivity contribution in [3.63, 3.8) is 0 Å². The molecule has 1 N–H and O–H groups in total. The van der Waals surface area contributed by atoms with Crippen LogP contribution in [-0.4, -0.2) is 30.8 Å². The molecule has 5 nitrogen and oxygen atoms in total. The lowest BCUT2D eigenvalue weighted by molar-refractivity contribution is 0.0787. The van der Waals surface area contributed by atoms with Gasteiger partial charge in [0, 0.05) is 29.1 Å². The van der Waals surface area contributed by atoms with Crippen LogP contribution in [0.3, 0.4) is 0 Å². The molecule has 1 unspecified atom stereocenters. The number of carbonyl (C=O) groups is 2. The smallest absolute Gasteiger partial charge is 0.255 e. The Morgan fingerprint density at radius 1 is 0.968 bits per heavy atom. The Labute approximate surface area is 184 Å². The van der Waals surface area contributed by atoms with Gasteiger partial charge in [0.1, 0.15) is 17.3 Å². The largest absolute Gasteiger partial charge is 0.497 e. The second-order valence-electron chi connectivity index (χ2n) is 6.67. The minimum absolute atomic E-state index is 0.228. The van der Waals surface area contributed by atoms with Crippen molar-refractivity contribution in [3.05, 3.63) is 89.7 Å². The summed E-state index contributed by atoms with van der Waals surface area (Å²) in [7, 11) is 1.54. The maximum Gasteiger partial charge on any atom is 0.255 e. The SMILES string of the molecule is COc1cccc(C(=O)Nc2ccc(OC(CCCl)C(=O)c3ccc(F)cc3)cc2)c1. The average molecular weight is 442 g/mol. The van der Waals surface area contributed by atoms with Gasteiger partial charge in [-0.1, -0.05) is 6.07 Å². The summed E-state index contributed by atoms with van der Waals surface area (Å²) in [5, 5.41) is 2.80. The normalized spacial score (nSPS) is 11.5. The summed E-state index contributed by atoms with van der Waals surface area (Å²) < 4.78 is 24.1. The highest BCUT2D eigenvalue weighted by atomic mass is 35.5. The lowest BCUT2D eigenvalue weighted by atomic mass is 10.0. The Bertz CT molecular complexity index is 1040. The summed E-state index contributed by atoms with van der Waals surface area (Å²) in [6.45, 7) is 0. The van der Waals surface area contributed by atoms with E-state index in [9.17, 15) is 14.0 Å². The lowest BCUT2D eigenvalue weighted by Crippen LogP contribution is -2.28. The van der Waals surface area contributed by atoms with Crippen LogP contribution in [0.5, 0.6) is 11.5 Å². The number of benzene rings is 3. The van der Waals surface area contributed by atoms with Crippen LogP contribution >= 0.6 is 11.6 Å². The Balaban J connectivity index is 1.67. The van der Waals surface area contributed by atoms with Gasteiger partial charge in [0.05, 0.1) is 7.11 Å². The fraction of sp³-hybridized carbons (Fsp3) is 0.167. The summed E-state index contributed by atoms with van der Waals surface area (Å²) in [6.07, 6.45) is -0.508. The van der Waals surface area contributed by atoms with E-state index >= 15 is 0 Å². The topological polar surface area (TPSA) is 64.6 Å². The monoisotopic (exact) mass is 441 g/mol. The number of hydrogen-bond acceptors (Lipinski definition) is 4. The summed E-state index contributed by atoms with van der Waals surface area (Å²) in [4.78, 5) is 25.1. The predicted molar refractivity (Wildman–Crippen MR) is 118 cm³/mol. The van der Waals surface area contributed by atoms with Crippen LogP contribution in [-0.2, 0) is 0 Å². The van der Waals surface area contributed by atoms with Crippen molar-refractivity contribution in [2.45, 2.75) is 12.5 Å². The van der Waals surface area contributed by atoms with Gasteiger partial charge in [-0.15, -0.1) is 11.6 Å². The molecule has 31 heavy (non-hydrogen) atoms. The molecule has 0 fully saturated rings. The molecule has 3 aromatic rings. The molecular weight excluding hydrogens is 421 g/mol. The molecule has 0 aliphatic rings. The van der Waals surface area contributed by atoms with Gasteiger partial charge in [0.15, 0.2) is 6.10 Å². The Kier molecular flexibility index (Phi) is 7.62. The Morgan fingerprint density at radius 2 is 1.68 bits per heavy atom. The first-order chi connectivity index (χ1) is 15.0. The molecule has 1 atom stereocenters. The zero-order chi connectivity index (χ0) is 22.2. The molecular formula is C24H21ClFNO4. The molecule has 160 valence electrons.